The minimum atomic E-state index is -0.230. The molecule has 0 saturated carbocycles. The second-order valence-electron chi connectivity index (χ2n) is 6.23. The summed E-state index contributed by atoms with van der Waals surface area (Å²) in [7, 11) is 3.22. The normalized spacial score (nSPS) is 10.3. The second-order valence-corrected chi connectivity index (χ2v) is 7.35. The molecule has 0 unspecified atom stereocenters. The summed E-state index contributed by atoms with van der Waals surface area (Å²) in [5, 5.41) is 5.85. The third kappa shape index (κ3) is 5.93. The van der Waals surface area contributed by atoms with Crippen LogP contribution in [0, 0.1) is 0 Å². The summed E-state index contributed by atoms with van der Waals surface area (Å²) < 4.78 is 10.6. The fraction of sp³-hybridized carbons (Fsp3) is 0.174. The van der Waals surface area contributed by atoms with Crippen molar-refractivity contribution in [2.24, 2.45) is 0 Å². The van der Waals surface area contributed by atoms with Crippen molar-refractivity contribution < 1.29 is 14.3 Å². The summed E-state index contributed by atoms with van der Waals surface area (Å²) in [5.41, 5.74) is 1.84. The Kier molecular flexibility index (Phi) is 7.41. The van der Waals surface area contributed by atoms with Crippen molar-refractivity contribution in [2.75, 3.05) is 26.1 Å². The highest BCUT2D eigenvalue weighted by Crippen LogP contribution is 2.33. The Labute approximate surface area is 175 Å². The third-order valence-electron chi connectivity index (χ3n) is 4.25. The maximum absolute atomic E-state index is 12.4. The Morgan fingerprint density at radius 3 is 2.38 bits per heavy atom. The van der Waals surface area contributed by atoms with Gasteiger partial charge in [0.2, 0.25) is 0 Å². The number of amides is 2. The topological polar surface area (TPSA) is 59.6 Å². The number of hydrogen-bond donors (Lipinski definition) is 2. The Morgan fingerprint density at radius 1 is 0.897 bits per heavy atom. The average Bonchev–Trinajstić information content (AvgIpc) is 2.75. The molecular weight excluding hydrogens is 384 g/mol. The molecule has 0 heterocycles. The predicted octanol–water partition coefficient (Wildman–Crippen LogP) is 5.22. The number of anilines is 1. The van der Waals surface area contributed by atoms with Crippen LogP contribution >= 0.6 is 11.8 Å². The zero-order valence-electron chi connectivity index (χ0n) is 16.5. The lowest BCUT2D eigenvalue weighted by Crippen LogP contribution is -2.30. The average molecular weight is 409 g/mol. The van der Waals surface area contributed by atoms with Crippen LogP contribution in [0.1, 0.15) is 5.56 Å². The van der Waals surface area contributed by atoms with Crippen molar-refractivity contribution in [2.45, 2.75) is 16.2 Å². The first-order valence-corrected chi connectivity index (χ1v) is 10.1. The van der Waals surface area contributed by atoms with E-state index in [1.807, 2.05) is 72.8 Å². The molecule has 150 valence electrons. The van der Waals surface area contributed by atoms with E-state index in [-0.39, 0.29) is 6.03 Å². The number of urea groups is 1. The van der Waals surface area contributed by atoms with Gasteiger partial charge in [0.15, 0.2) is 11.5 Å². The molecule has 0 spiro atoms. The Balaban J connectivity index is 1.55. The molecular formula is C23H24N2O3S. The van der Waals surface area contributed by atoms with E-state index >= 15 is 0 Å². The van der Waals surface area contributed by atoms with E-state index in [4.69, 9.17) is 9.47 Å². The molecule has 3 rings (SSSR count). The van der Waals surface area contributed by atoms with Crippen LogP contribution in [0.3, 0.4) is 0 Å². The standard InChI is InChI=1S/C23H24N2O3S/c1-27-20-13-12-17(16-21(20)28-2)14-15-24-23(26)25-19-10-6-7-11-22(19)29-18-8-4-3-5-9-18/h3-13,16H,14-15H2,1-2H3,(H2,24,25,26). The SMILES string of the molecule is COc1ccc(CCNC(=O)Nc2ccccc2Sc2ccccc2)cc1OC. The van der Waals surface area contributed by atoms with E-state index in [1.54, 1.807) is 26.0 Å². The fourth-order valence-electron chi connectivity index (χ4n) is 2.80. The number of ether oxygens (including phenoxy) is 2. The number of benzene rings is 3. The number of rotatable bonds is 8. The molecule has 29 heavy (non-hydrogen) atoms. The minimum absolute atomic E-state index is 0.230. The van der Waals surface area contributed by atoms with Gasteiger partial charge in [0.05, 0.1) is 19.9 Å². The van der Waals surface area contributed by atoms with Gasteiger partial charge in [-0.1, -0.05) is 48.2 Å². The van der Waals surface area contributed by atoms with Gasteiger partial charge >= 0.3 is 6.03 Å². The van der Waals surface area contributed by atoms with Crippen LogP contribution < -0.4 is 20.1 Å². The van der Waals surface area contributed by atoms with Gasteiger partial charge in [-0.25, -0.2) is 4.79 Å². The Morgan fingerprint density at radius 2 is 1.62 bits per heavy atom. The van der Waals surface area contributed by atoms with Gasteiger partial charge in [0.25, 0.3) is 0 Å². The lowest BCUT2D eigenvalue weighted by atomic mass is 10.1. The quantitative estimate of drug-likeness (QED) is 0.537. The Bertz CT molecular complexity index is 948. The summed E-state index contributed by atoms with van der Waals surface area (Å²) in [5.74, 6) is 1.37. The number of carbonyl (C=O) groups is 1. The van der Waals surface area contributed by atoms with Crippen molar-refractivity contribution in [1.82, 2.24) is 5.32 Å². The number of hydrogen-bond acceptors (Lipinski definition) is 4. The molecule has 0 atom stereocenters. The molecule has 0 fully saturated rings. The monoisotopic (exact) mass is 408 g/mol. The molecule has 5 nitrogen and oxygen atoms in total. The number of nitrogens with one attached hydrogen (secondary N) is 2. The molecule has 2 amide bonds. The molecule has 0 aliphatic carbocycles. The Hall–Kier alpha value is -3.12. The first kappa shape index (κ1) is 20.6. The summed E-state index contributed by atoms with van der Waals surface area (Å²) in [6, 6.07) is 23.4. The molecule has 6 heteroatoms. The molecule has 0 radical (unpaired) electrons. The first-order valence-electron chi connectivity index (χ1n) is 9.27. The lowest BCUT2D eigenvalue weighted by molar-refractivity contribution is 0.252. The smallest absolute Gasteiger partial charge is 0.319 e. The number of methoxy groups -OCH3 is 2. The predicted molar refractivity (Wildman–Crippen MR) is 117 cm³/mol. The van der Waals surface area contributed by atoms with E-state index in [1.165, 1.54) is 0 Å². The zero-order chi connectivity index (χ0) is 20.5. The van der Waals surface area contributed by atoms with Crippen LogP contribution in [0.2, 0.25) is 0 Å². The molecule has 3 aromatic rings. The molecule has 2 N–H and O–H groups in total. The maximum atomic E-state index is 12.4. The molecule has 0 aliphatic heterocycles. The van der Waals surface area contributed by atoms with Crippen LogP contribution in [0.5, 0.6) is 11.5 Å². The van der Waals surface area contributed by atoms with Gasteiger partial charge in [-0.05, 0) is 48.4 Å². The van der Waals surface area contributed by atoms with Gasteiger partial charge in [-0.2, -0.15) is 0 Å². The minimum Gasteiger partial charge on any atom is -0.493 e. The van der Waals surface area contributed by atoms with Crippen LogP contribution in [-0.4, -0.2) is 26.8 Å². The number of carbonyl (C=O) groups excluding carboxylic acids is 1. The van der Waals surface area contributed by atoms with Crippen molar-refractivity contribution in [3.63, 3.8) is 0 Å². The lowest BCUT2D eigenvalue weighted by Gasteiger charge is -2.12. The van der Waals surface area contributed by atoms with E-state index in [2.05, 4.69) is 10.6 Å². The van der Waals surface area contributed by atoms with Crippen LogP contribution in [0.25, 0.3) is 0 Å². The van der Waals surface area contributed by atoms with E-state index < -0.39 is 0 Å². The van der Waals surface area contributed by atoms with E-state index in [0.29, 0.717) is 24.5 Å². The van der Waals surface area contributed by atoms with Gasteiger partial charge in [-0.3, -0.25) is 0 Å². The highest BCUT2D eigenvalue weighted by molar-refractivity contribution is 7.99. The number of para-hydroxylation sites is 1. The van der Waals surface area contributed by atoms with E-state index in [0.717, 1.165) is 21.0 Å². The second kappa shape index (κ2) is 10.4. The highest BCUT2D eigenvalue weighted by atomic mass is 32.2. The summed E-state index contributed by atoms with van der Waals surface area (Å²) in [6.07, 6.45) is 0.689. The first-order chi connectivity index (χ1) is 14.2. The van der Waals surface area contributed by atoms with Gasteiger partial charge in [-0.15, -0.1) is 0 Å². The summed E-state index contributed by atoms with van der Waals surface area (Å²) >= 11 is 1.62. The zero-order valence-corrected chi connectivity index (χ0v) is 17.3. The maximum Gasteiger partial charge on any atom is 0.319 e. The summed E-state index contributed by atoms with van der Waals surface area (Å²) in [6.45, 7) is 0.509. The molecule has 0 bridgehead atoms. The fourth-order valence-corrected chi connectivity index (χ4v) is 3.72. The van der Waals surface area contributed by atoms with Gasteiger partial charge < -0.3 is 20.1 Å². The molecule has 0 aromatic heterocycles. The third-order valence-corrected chi connectivity index (χ3v) is 5.34. The van der Waals surface area contributed by atoms with Crippen molar-refractivity contribution in [3.8, 4) is 11.5 Å². The highest BCUT2D eigenvalue weighted by Gasteiger charge is 2.08. The molecule has 3 aromatic carbocycles. The largest absolute Gasteiger partial charge is 0.493 e. The van der Waals surface area contributed by atoms with Crippen molar-refractivity contribution in [1.29, 1.82) is 0 Å². The summed E-state index contributed by atoms with van der Waals surface area (Å²) in [4.78, 5) is 14.5. The van der Waals surface area contributed by atoms with E-state index in [9.17, 15) is 4.79 Å². The van der Waals surface area contributed by atoms with Crippen LogP contribution in [0.4, 0.5) is 10.5 Å². The van der Waals surface area contributed by atoms with Gasteiger partial charge in [0.1, 0.15) is 0 Å². The molecule has 0 aliphatic rings. The molecule has 0 saturated heterocycles. The van der Waals surface area contributed by atoms with Crippen molar-refractivity contribution >= 4 is 23.5 Å². The van der Waals surface area contributed by atoms with Gasteiger partial charge in [0, 0.05) is 16.3 Å². The van der Waals surface area contributed by atoms with Crippen LogP contribution in [-0.2, 0) is 6.42 Å². The van der Waals surface area contributed by atoms with Crippen LogP contribution in [0.15, 0.2) is 82.6 Å². The van der Waals surface area contributed by atoms with Crippen molar-refractivity contribution in [3.05, 3.63) is 78.4 Å².